The summed E-state index contributed by atoms with van der Waals surface area (Å²) in [4.78, 5) is 20.4. The van der Waals surface area contributed by atoms with Crippen molar-refractivity contribution in [2.45, 2.75) is 31.4 Å². The Morgan fingerprint density at radius 3 is 2.73 bits per heavy atom. The van der Waals surface area contributed by atoms with Crippen LogP contribution in [0.3, 0.4) is 0 Å². The standard InChI is InChI=1S/C16H20FN3O2/c17-13-2-1-3-14(18-13)19-8-6-16(7-9-19)20(10-11-22-16)15(21)12-4-5-12/h1-3,12H,4-11H2. The maximum Gasteiger partial charge on any atom is 0.228 e. The zero-order chi connectivity index (χ0) is 15.2. The number of ether oxygens (including phenoxy) is 1. The van der Waals surface area contributed by atoms with Gasteiger partial charge in [0.1, 0.15) is 11.5 Å². The number of aromatic nitrogens is 1. The van der Waals surface area contributed by atoms with Crippen LogP contribution in [0.2, 0.25) is 0 Å². The minimum atomic E-state index is -0.458. The molecule has 2 saturated heterocycles. The normalized spacial score (nSPS) is 24.0. The maximum atomic E-state index is 13.3. The molecule has 0 aromatic carbocycles. The van der Waals surface area contributed by atoms with Crippen LogP contribution in [0.25, 0.3) is 0 Å². The molecule has 1 aromatic rings. The second kappa shape index (κ2) is 5.19. The Balaban J connectivity index is 1.47. The van der Waals surface area contributed by atoms with E-state index in [-0.39, 0.29) is 11.8 Å². The second-order valence-corrected chi connectivity index (χ2v) is 6.36. The highest BCUT2D eigenvalue weighted by molar-refractivity contribution is 5.82. The molecular weight excluding hydrogens is 285 g/mol. The number of carbonyl (C=O) groups excluding carboxylic acids is 1. The first-order valence-corrected chi connectivity index (χ1v) is 8.01. The Bertz CT molecular complexity index is 583. The Morgan fingerprint density at radius 2 is 2.05 bits per heavy atom. The summed E-state index contributed by atoms with van der Waals surface area (Å²) in [5.74, 6) is 0.685. The highest BCUT2D eigenvalue weighted by Gasteiger charge is 2.49. The molecule has 1 spiro atoms. The molecule has 0 unspecified atom stereocenters. The van der Waals surface area contributed by atoms with Crippen molar-refractivity contribution in [1.82, 2.24) is 9.88 Å². The van der Waals surface area contributed by atoms with Gasteiger partial charge in [-0.3, -0.25) is 4.79 Å². The quantitative estimate of drug-likeness (QED) is 0.782. The second-order valence-electron chi connectivity index (χ2n) is 6.36. The van der Waals surface area contributed by atoms with Gasteiger partial charge in [-0.05, 0) is 25.0 Å². The van der Waals surface area contributed by atoms with Gasteiger partial charge in [-0.2, -0.15) is 4.39 Å². The predicted molar refractivity (Wildman–Crippen MR) is 78.8 cm³/mol. The number of nitrogens with zero attached hydrogens (tertiary/aromatic N) is 3. The van der Waals surface area contributed by atoms with Crippen LogP contribution >= 0.6 is 0 Å². The van der Waals surface area contributed by atoms with Crippen LogP contribution in [0.15, 0.2) is 18.2 Å². The van der Waals surface area contributed by atoms with Crippen molar-refractivity contribution in [1.29, 1.82) is 0 Å². The summed E-state index contributed by atoms with van der Waals surface area (Å²) < 4.78 is 19.2. The predicted octanol–water partition coefficient (Wildman–Crippen LogP) is 1.79. The molecule has 0 atom stereocenters. The minimum Gasteiger partial charge on any atom is -0.356 e. The highest BCUT2D eigenvalue weighted by Crippen LogP contribution is 2.40. The molecule has 118 valence electrons. The molecule has 1 amide bonds. The molecular formula is C16H20FN3O2. The van der Waals surface area contributed by atoms with Crippen LogP contribution < -0.4 is 4.90 Å². The van der Waals surface area contributed by atoms with Crippen molar-refractivity contribution in [3.8, 4) is 0 Å². The summed E-state index contributed by atoms with van der Waals surface area (Å²) in [6.45, 7) is 2.78. The largest absolute Gasteiger partial charge is 0.356 e. The van der Waals surface area contributed by atoms with Gasteiger partial charge in [0.25, 0.3) is 0 Å². The number of amides is 1. The molecule has 1 saturated carbocycles. The van der Waals surface area contributed by atoms with Gasteiger partial charge in [-0.25, -0.2) is 4.98 Å². The molecule has 3 heterocycles. The summed E-state index contributed by atoms with van der Waals surface area (Å²) in [6, 6.07) is 4.85. The van der Waals surface area contributed by atoms with E-state index in [1.54, 1.807) is 6.07 Å². The van der Waals surface area contributed by atoms with Crippen molar-refractivity contribution in [2.24, 2.45) is 5.92 Å². The van der Waals surface area contributed by atoms with Crippen molar-refractivity contribution >= 4 is 11.7 Å². The summed E-state index contributed by atoms with van der Waals surface area (Å²) in [7, 11) is 0. The van der Waals surface area contributed by atoms with Crippen molar-refractivity contribution in [3.05, 3.63) is 24.1 Å². The van der Waals surface area contributed by atoms with Crippen LogP contribution in [0.4, 0.5) is 10.2 Å². The van der Waals surface area contributed by atoms with Gasteiger partial charge in [0.2, 0.25) is 11.9 Å². The minimum absolute atomic E-state index is 0.224. The molecule has 0 radical (unpaired) electrons. The lowest BCUT2D eigenvalue weighted by molar-refractivity contribution is -0.154. The number of pyridine rings is 1. The van der Waals surface area contributed by atoms with Crippen molar-refractivity contribution < 1.29 is 13.9 Å². The molecule has 1 aromatic heterocycles. The number of carbonyl (C=O) groups is 1. The average Bonchev–Trinajstić information content (AvgIpc) is 3.30. The first-order valence-electron chi connectivity index (χ1n) is 8.01. The Labute approximate surface area is 129 Å². The summed E-state index contributed by atoms with van der Waals surface area (Å²) >= 11 is 0. The third-order valence-corrected chi connectivity index (χ3v) is 4.94. The number of hydrogen-bond acceptors (Lipinski definition) is 4. The van der Waals surface area contributed by atoms with Crippen LogP contribution in [-0.2, 0) is 9.53 Å². The van der Waals surface area contributed by atoms with Gasteiger partial charge >= 0.3 is 0 Å². The molecule has 2 aliphatic heterocycles. The molecule has 4 rings (SSSR count). The summed E-state index contributed by atoms with van der Waals surface area (Å²) in [5, 5.41) is 0. The summed E-state index contributed by atoms with van der Waals surface area (Å²) in [5.41, 5.74) is -0.441. The van der Waals surface area contributed by atoms with Gasteiger partial charge in [-0.1, -0.05) is 6.07 Å². The molecule has 6 heteroatoms. The van der Waals surface area contributed by atoms with Gasteiger partial charge in [-0.15, -0.1) is 0 Å². The first kappa shape index (κ1) is 13.9. The van der Waals surface area contributed by atoms with E-state index in [0.717, 1.165) is 38.8 Å². The van der Waals surface area contributed by atoms with Crippen LogP contribution in [-0.4, -0.2) is 47.8 Å². The van der Waals surface area contributed by atoms with Crippen molar-refractivity contribution in [2.75, 3.05) is 31.1 Å². The molecule has 0 bridgehead atoms. The topological polar surface area (TPSA) is 45.7 Å². The third kappa shape index (κ3) is 2.35. The number of hydrogen-bond donors (Lipinski definition) is 0. The molecule has 5 nitrogen and oxygen atoms in total. The zero-order valence-corrected chi connectivity index (χ0v) is 12.5. The third-order valence-electron chi connectivity index (χ3n) is 4.94. The fraction of sp³-hybridized carbons (Fsp3) is 0.625. The van der Waals surface area contributed by atoms with E-state index in [9.17, 15) is 9.18 Å². The van der Waals surface area contributed by atoms with Crippen LogP contribution in [0.5, 0.6) is 0 Å². The average molecular weight is 305 g/mol. The molecule has 3 aliphatic rings. The van der Waals surface area contributed by atoms with Gasteiger partial charge < -0.3 is 14.5 Å². The van der Waals surface area contributed by atoms with E-state index in [4.69, 9.17) is 4.74 Å². The maximum absolute atomic E-state index is 13.3. The zero-order valence-electron chi connectivity index (χ0n) is 12.5. The SMILES string of the molecule is O=C(C1CC1)N1CCOC12CCN(c1cccc(F)n1)CC2. The fourth-order valence-corrected chi connectivity index (χ4v) is 3.54. The lowest BCUT2D eigenvalue weighted by Gasteiger charge is -2.44. The number of rotatable bonds is 2. The van der Waals surface area contributed by atoms with E-state index in [2.05, 4.69) is 9.88 Å². The monoisotopic (exact) mass is 305 g/mol. The van der Waals surface area contributed by atoms with Crippen LogP contribution in [0, 0.1) is 11.9 Å². The van der Waals surface area contributed by atoms with E-state index < -0.39 is 11.7 Å². The van der Waals surface area contributed by atoms with E-state index >= 15 is 0 Å². The number of halogens is 1. The van der Waals surface area contributed by atoms with E-state index in [1.807, 2.05) is 11.0 Å². The molecule has 3 fully saturated rings. The first-order chi connectivity index (χ1) is 10.7. The Kier molecular flexibility index (Phi) is 3.29. The smallest absolute Gasteiger partial charge is 0.228 e. The Hall–Kier alpha value is -1.69. The van der Waals surface area contributed by atoms with Gasteiger partial charge in [0, 0.05) is 38.4 Å². The van der Waals surface area contributed by atoms with Gasteiger partial charge in [0.15, 0.2) is 0 Å². The highest BCUT2D eigenvalue weighted by atomic mass is 19.1. The fourth-order valence-electron chi connectivity index (χ4n) is 3.54. The molecule has 1 aliphatic carbocycles. The molecule has 0 N–H and O–H groups in total. The number of piperidine rings is 1. The lowest BCUT2D eigenvalue weighted by Crippen LogP contribution is -2.55. The van der Waals surface area contributed by atoms with Crippen molar-refractivity contribution in [3.63, 3.8) is 0 Å². The van der Waals surface area contributed by atoms with E-state index in [1.165, 1.54) is 6.07 Å². The summed E-state index contributed by atoms with van der Waals surface area (Å²) in [6.07, 6.45) is 3.54. The molecule has 22 heavy (non-hydrogen) atoms. The van der Waals surface area contributed by atoms with E-state index in [0.29, 0.717) is 19.0 Å². The Morgan fingerprint density at radius 1 is 1.27 bits per heavy atom. The van der Waals surface area contributed by atoms with Crippen LogP contribution in [0.1, 0.15) is 25.7 Å². The van der Waals surface area contributed by atoms with Gasteiger partial charge in [0.05, 0.1) is 6.61 Å². The lowest BCUT2D eigenvalue weighted by atomic mass is 9.98. The number of anilines is 1.